The van der Waals surface area contributed by atoms with Gasteiger partial charge in [-0.15, -0.1) is 0 Å². The van der Waals surface area contributed by atoms with Crippen LogP contribution in [0.4, 0.5) is 0 Å². The fourth-order valence-corrected chi connectivity index (χ4v) is 1.32. The van der Waals surface area contributed by atoms with E-state index in [0.717, 1.165) is 25.2 Å². The molecule has 1 rings (SSSR count). The Bertz CT molecular complexity index is 302. The van der Waals surface area contributed by atoms with Gasteiger partial charge in [-0.2, -0.15) is 0 Å². The van der Waals surface area contributed by atoms with Gasteiger partial charge in [-0.25, -0.2) is 0 Å². The molecule has 2 heteroatoms. The highest BCUT2D eigenvalue weighted by Crippen LogP contribution is 2.02. The summed E-state index contributed by atoms with van der Waals surface area (Å²) in [6, 6.07) is 10.5. The lowest BCUT2D eigenvalue weighted by Crippen LogP contribution is -2.19. The average Bonchev–Trinajstić information content (AvgIpc) is 2.25. The number of hydrogen-bond donors (Lipinski definition) is 1. The first-order valence-corrected chi connectivity index (χ1v) is 5.54. The number of amidine groups is 1. The molecule has 1 aromatic carbocycles. The maximum atomic E-state index is 5.75. The summed E-state index contributed by atoms with van der Waals surface area (Å²) >= 11 is 0. The van der Waals surface area contributed by atoms with E-state index in [9.17, 15) is 0 Å². The minimum Gasteiger partial charge on any atom is -0.387 e. The Labute approximate surface area is 92.2 Å². The summed E-state index contributed by atoms with van der Waals surface area (Å²) in [5.74, 6) is 1.13. The van der Waals surface area contributed by atoms with Gasteiger partial charge in [-0.3, -0.25) is 4.99 Å². The summed E-state index contributed by atoms with van der Waals surface area (Å²) in [7, 11) is 0. The molecular weight excluding hydrogens is 184 g/mol. The molecule has 15 heavy (non-hydrogen) atoms. The molecule has 2 N–H and O–H groups in total. The van der Waals surface area contributed by atoms with Gasteiger partial charge in [0.25, 0.3) is 0 Å². The second-order valence-electron chi connectivity index (χ2n) is 4.05. The van der Waals surface area contributed by atoms with Crippen molar-refractivity contribution in [3.8, 4) is 0 Å². The van der Waals surface area contributed by atoms with E-state index in [2.05, 4.69) is 43.1 Å². The van der Waals surface area contributed by atoms with Crippen LogP contribution in [-0.4, -0.2) is 12.4 Å². The van der Waals surface area contributed by atoms with Gasteiger partial charge in [0.05, 0.1) is 5.84 Å². The maximum Gasteiger partial charge on any atom is 0.0962 e. The van der Waals surface area contributed by atoms with Crippen LogP contribution in [0.25, 0.3) is 0 Å². The average molecular weight is 204 g/mol. The van der Waals surface area contributed by atoms with Crippen molar-refractivity contribution < 1.29 is 0 Å². The zero-order chi connectivity index (χ0) is 11.1. The van der Waals surface area contributed by atoms with Crippen LogP contribution in [-0.2, 0) is 6.42 Å². The number of hydrogen-bond acceptors (Lipinski definition) is 1. The molecule has 0 aliphatic heterocycles. The zero-order valence-corrected chi connectivity index (χ0v) is 9.61. The predicted molar refractivity (Wildman–Crippen MR) is 66.1 cm³/mol. The van der Waals surface area contributed by atoms with Crippen molar-refractivity contribution in [2.75, 3.05) is 6.54 Å². The molecule has 0 unspecified atom stereocenters. The SMILES string of the molecule is CC(C)C(N)=NCCCc1ccccc1. The molecule has 1 aromatic rings. The van der Waals surface area contributed by atoms with Crippen molar-refractivity contribution >= 4 is 5.84 Å². The molecule has 0 aliphatic carbocycles. The second kappa shape index (κ2) is 6.23. The Morgan fingerprint density at radius 2 is 1.93 bits per heavy atom. The van der Waals surface area contributed by atoms with Gasteiger partial charge in [0.15, 0.2) is 0 Å². The van der Waals surface area contributed by atoms with Crippen molar-refractivity contribution in [3.05, 3.63) is 35.9 Å². The highest BCUT2D eigenvalue weighted by Gasteiger charge is 1.97. The van der Waals surface area contributed by atoms with Crippen LogP contribution in [0.1, 0.15) is 25.8 Å². The van der Waals surface area contributed by atoms with Gasteiger partial charge in [0.2, 0.25) is 0 Å². The Kier molecular flexibility index (Phi) is 4.88. The van der Waals surface area contributed by atoms with Crippen LogP contribution in [0, 0.1) is 5.92 Å². The Hall–Kier alpha value is -1.31. The van der Waals surface area contributed by atoms with Crippen LogP contribution in [0.2, 0.25) is 0 Å². The van der Waals surface area contributed by atoms with Crippen LogP contribution < -0.4 is 5.73 Å². The van der Waals surface area contributed by atoms with E-state index in [-0.39, 0.29) is 0 Å². The molecule has 0 heterocycles. The first-order valence-electron chi connectivity index (χ1n) is 5.54. The van der Waals surface area contributed by atoms with E-state index < -0.39 is 0 Å². The van der Waals surface area contributed by atoms with Crippen molar-refractivity contribution in [2.45, 2.75) is 26.7 Å². The molecular formula is C13H20N2. The summed E-state index contributed by atoms with van der Waals surface area (Å²) in [5, 5.41) is 0. The molecule has 0 aliphatic rings. The molecule has 0 radical (unpaired) electrons. The topological polar surface area (TPSA) is 38.4 Å². The summed E-state index contributed by atoms with van der Waals surface area (Å²) in [6.45, 7) is 4.96. The number of aliphatic imine (C=N–C) groups is 1. The third-order valence-corrected chi connectivity index (χ3v) is 2.35. The van der Waals surface area contributed by atoms with Crippen molar-refractivity contribution in [1.82, 2.24) is 0 Å². The predicted octanol–water partition coefficient (Wildman–Crippen LogP) is 2.63. The smallest absolute Gasteiger partial charge is 0.0962 e. The van der Waals surface area contributed by atoms with Gasteiger partial charge in [0.1, 0.15) is 0 Å². The second-order valence-corrected chi connectivity index (χ2v) is 4.05. The summed E-state index contributed by atoms with van der Waals surface area (Å²) in [4.78, 5) is 4.33. The minimum atomic E-state index is 0.363. The first kappa shape index (κ1) is 11.8. The number of nitrogens with zero attached hydrogens (tertiary/aromatic N) is 1. The molecule has 0 bridgehead atoms. The quantitative estimate of drug-likeness (QED) is 0.447. The summed E-state index contributed by atoms with van der Waals surface area (Å²) in [6.07, 6.45) is 2.15. The lowest BCUT2D eigenvalue weighted by Gasteiger charge is -2.03. The molecule has 0 saturated heterocycles. The van der Waals surface area contributed by atoms with E-state index >= 15 is 0 Å². The third kappa shape index (κ3) is 4.63. The molecule has 2 nitrogen and oxygen atoms in total. The number of rotatable bonds is 5. The van der Waals surface area contributed by atoms with Crippen molar-refractivity contribution in [3.63, 3.8) is 0 Å². The fourth-order valence-electron chi connectivity index (χ4n) is 1.32. The fraction of sp³-hybridized carbons (Fsp3) is 0.462. The van der Waals surface area contributed by atoms with E-state index in [1.165, 1.54) is 5.56 Å². The van der Waals surface area contributed by atoms with E-state index in [0.29, 0.717) is 5.92 Å². The lowest BCUT2D eigenvalue weighted by molar-refractivity contribution is 0.804. The Morgan fingerprint density at radius 3 is 2.53 bits per heavy atom. The zero-order valence-electron chi connectivity index (χ0n) is 9.61. The Balaban J connectivity index is 2.26. The standard InChI is InChI=1S/C13H20N2/c1-11(2)13(14)15-10-6-9-12-7-4-3-5-8-12/h3-5,7-8,11H,6,9-10H2,1-2H3,(H2,14,15). The normalized spacial score (nSPS) is 12.1. The highest BCUT2D eigenvalue weighted by molar-refractivity contribution is 5.82. The highest BCUT2D eigenvalue weighted by atomic mass is 14.8. The number of benzene rings is 1. The maximum absolute atomic E-state index is 5.75. The van der Waals surface area contributed by atoms with Crippen LogP contribution in [0.15, 0.2) is 35.3 Å². The van der Waals surface area contributed by atoms with Gasteiger partial charge in [0, 0.05) is 12.5 Å². The van der Waals surface area contributed by atoms with Crippen molar-refractivity contribution in [1.29, 1.82) is 0 Å². The molecule has 82 valence electrons. The van der Waals surface area contributed by atoms with Crippen LogP contribution in [0.5, 0.6) is 0 Å². The lowest BCUT2D eigenvalue weighted by atomic mass is 10.1. The first-order chi connectivity index (χ1) is 7.20. The minimum absolute atomic E-state index is 0.363. The number of nitrogens with two attached hydrogens (primary N) is 1. The van der Waals surface area contributed by atoms with E-state index in [4.69, 9.17) is 5.73 Å². The monoisotopic (exact) mass is 204 g/mol. The molecule has 0 amide bonds. The number of aryl methyl sites for hydroxylation is 1. The summed E-state index contributed by atoms with van der Waals surface area (Å²) < 4.78 is 0. The summed E-state index contributed by atoms with van der Waals surface area (Å²) in [5.41, 5.74) is 7.12. The van der Waals surface area contributed by atoms with Gasteiger partial charge >= 0.3 is 0 Å². The molecule has 0 fully saturated rings. The van der Waals surface area contributed by atoms with Gasteiger partial charge in [-0.1, -0.05) is 44.2 Å². The van der Waals surface area contributed by atoms with Crippen LogP contribution in [0.3, 0.4) is 0 Å². The molecule has 0 aromatic heterocycles. The molecule has 0 saturated carbocycles. The Morgan fingerprint density at radius 1 is 1.27 bits per heavy atom. The molecule has 0 spiro atoms. The van der Waals surface area contributed by atoms with E-state index in [1.54, 1.807) is 0 Å². The third-order valence-electron chi connectivity index (χ3n) is 2.35. The van der Waals surface area contributed by atoms with Gasteiger partial charge in [-0.05, 0) is 18.4 Å². The van der Waals surface area contributed by atoms with Crippen LogP contribution >= 0.6 is 0 Å². The largest absolute Gasteiger partial charge is 0.387 e. The molecule has 0 atom stereocenters. The van der Waals surface area contributed by atoms with E-state index in [1.807, 2.05) is 6.07 Å². The van der Waals surface area contributed by atoms with Crippen molar-refractivity contribution in [2.24, 2.45) is 16.6 Å². The van der Waals surface area contributed by atoms with Gasteiger partial charge < -0.3 is 5.73 Å².